The van der Waals surface area contributed by atoms with Crippen LogP contribution in [0.3, 0.4) is 0 Å². The minimum atomic E-state index is -4.00. The van der Waals surface area contributed by atoms with Crippen molar-refractivity contribution in [1.29, 1.82) is 0 Å². The number of hydrazone groups is 1. The van der Waals surface area contributed by atoms with Gasteiger partial charge in [0.2, 0.25) is 0 Å². The van der Waals surface area contributed by atoms with Crippen LogP contribution in [0.4, 0.5) is 5.69 Å². The standard InChI is InChI=1S/C26H28BrN3O5S/c1-4-34-24-15-8-20(16-25(24)35-5-2)17-28-29-26(31)18-30(22-11-9-21(27)10-12-22)36(32,33)23-13-6-19(3)7-14-23/h6-17H,4-5,18H2,1-3H3,(H,29,31)/b28-17-. The Kier molecular flexibility index (Phi) is 9.49. The zero-order valence-corrected chi connectivity index (χ0v) is 22.7. The monoisotopic (exact) mass is 573 g/mol. The van der Waals surface area contributed by atoms with Gasteiger partial charge in [-0.05, 0) is 80.9 Å². The third kappa shape index (κ3) is 7.08. The number of halogens is 1. The number of hydrogen-bond acceptors (Lipinski definition) is 6. The van der Waals surface area contributed by atoms with Crippen molar-refractivity contribution in [1.82, 2.24) is 5.43 Å². The largest absolute Gasteiger partial charge is 0.490 e. The van der Waals surface area contributed by atoms with Crippen LogP contribution in [0, 0.1) is 6.92 Å². The van der Waals surface area contributed by atoms with Gasteiger partial charge in [0.05, 0.1) is 30.0 Å². The number of aryl methyl sites for hydroxylation is 1. The van der Waals surface area contributed by atoms with Crippen LogP contribution < -0.4 is 19.2 Å². The zero-order chi connectivity index (χ0) is 26.1. The highest BCUT2D eigenvalue weighted by Gasteiger charge is 2.27. The molecule has 0 saturated heterocycles. The van der Waals surface area contributed by atoms with Crippen molar-refractivity contribution in [3.05, 3.63) is 82.3 Å². The van der Waals surface area contributed by atoms with E-state index < -0.39 is 22.5 Å². The first-order valence-electron chi connectivity index (χ1n) is 11.3. The van der Waals surface area contributed by atoms with E-state index in [1.54, 1.807) is 54.6 Å². The normalized spacial score (nSPS) is 11.3. The predicted molar refractivity (Wildman–Crippen MR) is 144 cm³/mol. The lowest BCUT2D eigenvalue weighted by Gasteiger charge is -2.23. The number of rotatable bonds is 11. The molecular weight excluding hydrogens is 546 g/mol. The van der Waals surface area contributed by atoms with Gasteiger partial charge < -0.3 is 9.47 Å². The quantitative estimate of drug-likeness (QED) is 0.260. The number of benzene rings is 3. The number of sulfonamides is 1. The summed E-state index contributed by atoms with van der Waals surface area (Å²) in [4.78, 5) is 12.8. The van der Waals surface area contributed by atoms with Crippen LogP contribution in [0.5, 0.6) is 11.5 Å². The third-order valence-corrected chi connectivity index (χ3v) is 7.30. The molecule has 0 aromatic heterocycles. The highest BCUT2D eigenvalue weighted by molar-refractivity contribution is 9.10. The second-order valence-corrected chi connectivity index (χ2v) is 10.4. The number of carbonyl (C=O) groups is 1. The van der Waals surface area contributed by atoms with E-state index >= 15 is 0 Å². The Balaban J connectivity index is 1.79. The highest BCUT2D eigenvalue weighted by atomic mass is 79.9. The Morgan fingerprint density at radius 2 is 1.61 bits per heavy atom. The van der Waals surface area contributed by atoms with Gasteiger partial charge in [0.1, 0.15) is 6.54 Å². The smallest absolute Gasteiger partial charge is 0.264 e. The zero-order valence-electron chi connectivity index (χ0n) is 20.3. The number of nitrogens with zero attached hydrogens (tertiary/aromatic N) is 2. The third-order valence-electron chi connectivity index (χ3n) is 4.98. The molecule has 10 heteroatoms. The van der Waals surface area contributed by atoms with Crippen LogP contribution in [0.25, 0.3) is 0 Å². The number of nitrogens with one attached hydrogen (secondary N) is 1. The van der Waals surface area contributed by atoms with Gasteiger partial charge >= 0.3 is 0 Å². The average Bonchev–Trinajstić information content (AvgIpc) is 2.85. The molecule has 0 aliphatic rings. The topological polar surface area (TPSA) is 97.3 Å². The van der Waals surface area contributed by atoms with Crippen LogP contribution in [-0.4, -0.2) is 40.3 Å². The van der Waals surface area contributed by atoms with E-state index in [4.69, 9.17) is 9.47 Å². The molecule has 0 fully saturated rings. The van der Waals surface area contributed by atoms with Gasteiger partial charge in [0.15, 0.2) is 11.5 Å². The summed E-state index contributed by atoms with van der Waals surface area (Å²) in [5.74, 6) is 0.591. The van der Waals surface area contributed by atoms with E-state index in [9.17, 15) is 13.2 Å². The Hall–Kier alpha value is -3.37. The summed E-state index contributed by atoms with van der Waals surface area (Å²) in [5, 5.41) is 4.00. The molecule has 0 radical (unpaired) electrons. The van der Waals surface area contributed by atoms with Crippen molar-refractivity contribution in [2.75, 3.05) is 24.1 Å². The first-order valence-corrected chi connectivity index (χ1v) is 13.5. The number of carbonyl (C=O) groups excluding carboxylic acids is 1. The van der Waals surface area contributed by atoms with Crippen molar-refractivity contribution in [3.63, 3.8) is 0 Å². The Bertz CT molecular complexity index is 1310. The SMILES string of the molecule is CCOc1ccc(/C=N\NC(=O)CN(c2ccc(Br)cc2)S(=O)(=O)c2ccc(C)cc2)cc1OCC. The van der Waals surface area contributed by atoms with Gasteiger partial charge in [-0.15, -0.1) is 0 Å². The number of hydrogen-bond donors (Lipinski definition) is 1. The summed E-state index contributed by atoms with van der Waals surface area (Å²) in [6, 6.07) is 18.4. The van der Waals surface area contributed by atoms with Crippen molar-refractivity contribution in [2.45, 2.75) is 25.7 Å². The maximum Gasteiger partial charge on any atom is 0.264 e. The maximum absolute atomic E-state index is 13.4. The minimum absolute atomic E-state index is 0.0881. The average molecular weight is 574 g/mol. The Morgan fingerprint density at radius 3 is 2.25 bits per heavy atom. The molecule has 190 valence electrons. The number of amides is 1. The molecule has 0 heterocycles. The number of anilines is 1. The Morgan fingerprint density at radius 1 is 0.972 bits per heavy atom. The molecule has 0 unspecified atom stereocenters. The molecule has 0 aliphatic carbocycles. The molecule has 0 aliphatic heterocycles. The van der Waals surface area contributed by atoms with Crippen LogP contribution in [0.2, 0.25) is 0 Å². The molecule has 8 nitrogen and oxygen atoms in total. The van der Waals surface area contributed by atoms with E-state index in [-0.39, 0.29) is 4.90 Å². The van der Waals surface area contributed by atoms with Crippen molar-refractivity contribution in [3.8, 4) is 11.5 Å². The van der Waals surface area contributed by atoms with Gasteiger partial charge in [-0.3, -0.25) is 9.10 Å². The summed E-state index contributed by atoms with van der Waals surface area (Å²) >= 11 is 3.35. The van der Waals surface area contributed by atoms with Crippen LogP contribution in [-0.2, 0) is 14.8 Å². The fraction of sp³-hybridized carbons (Fsp3) is 0.231. The molecule has 3 aromatic carbocycles. The van der Waals surface area contributed by atoms with Gasteiger partial charge in [-0.25, -0.2) is 13.8 Å². The van der Waals surface area contributed by atoms with E-state index in [0.717, 1.165) is 14.3 Å². The van der Waals surface area contributed by atoms with E-state index in [2.05, 4.69) is 26.5 Å². The molecule has 36 heavy (non-hydrogen) atoms. The lowest BCUT2D eigenvalue weighted by molar-refractivity contribution is -0.119. The van der Waals surface area contributed by atoms with E-state index in [0.29, 0.717) is 36.0 Å². The van der Waals surface area contributed by atoms with E-state index in [1.807, 2.05) is 20.8 Å². The summed E-state index contributed by atoms with van der Waals surface area (Å²) < 4.78 is 39.8. The fourth-order valence-corrected chi connectivity index (χ4v) is 4.94. The molecule has 3 rings (SSSR count). The van der Waals surface area contributed by atoms with Crippen molar-refractivity contribution >= 4 is 43.8 Å². The second kappa shape index (κ2) is 12.5. The van der Waals surface area contributed by atoms with Gasteiger partial charge in [0.25, 0.3) is 15.9 Å². The van der Waals surface area contributed by atoms with Crippen LogP contribution >= 0.6 is 15.9 Å². The summed E-state index contributed by atoms with van der Waals surface area (Å²) in [6.45, 7) is 6.15. The molecule has 0 atom stereocenters. The molecule has 1 amide bonds. The molecule has 0 saturated carbocycles. The molecular formula is C26H28BrN3O5S. The van der Waals surface area contributed by atoms with E-state index in [1.165, 1.54) is 18.3 Å². The van der Waals surface area contributed by atoms with Crippen molar-refractivity contribution in [2.24, 2.45) is 5.10 Å². The first-order chi connectivity index (χ1) is 17.2. The van der Waals surface area contributed by atoms with Crippen LogP contribution in [0.15, 0.2) is 81.2 Å². The molecule has 3 aromatic rings. The second-order valence-electron chi connectivity index (χ2n) is 7.67. The predicted octanol–water partition coefficient (Wildman–Crippen LogP) is 4.90. The maximum atomic E-state index is 13.4. The van der Waals surface area contributed by atoms with Gasteiger partial charge in [0, 0.05) is 4.47 Å². The fourth-order valence-electron chi connectivity index (χ4n) is 3.25. The first kappa shape index (κ1) is 27.2. The van der Waals surface area contributed by atoms with Gasteiger partial charge in [-0.1, -0.05) is 33.6 Å². The highest BCUT2D eigenvalue weighted by Crippen LogP contribution is 2.28. The van der Waals surface area contributed by atoms with Crippen molar-refractivity contribution < 1.29 is 22.7 Å². The summed E-state index contributed by atoms with van der Waals surface area (Å²) in [5.41, 5.74) is 4.37. The lowest BCUT2D eigenvalue weighted by Crippen LogP contribution is -2.39. The number of ether oxygens (including phenoxy) is 2. The van der Waals surface area contributed by atoms with Crippen LogP contribution in [0.1, 0.15) is 25.0 Å². The molecule has 0 bridgehead atoms. The molecule has 1 N–H and O–H groups in total. The minimum Gasteiger partial charge on any atom is -0.490 e. The summed E-state index contributed by atoms with van der Waals surface area (Å²) in [6.07, 6.45) is 1.45. The Labute approximate surface area is 220 Å². The molecule has 0 spiro atoms. The van der Waals surface area contributed by atoms with Gasteiger partial charge in [-0.2, -0.15) is 5.10 Å². The lowest BCUT2D eigenvalue weighted by atomic mass is 10.2. The summed E-state index contributed by atoms with van der Waals surface area (Å²) in [7, 11) is -4.00.